The number of aromatic nitrogens is 3. The Bertz CT molecular complexity index is 864. The van der Waals surface area contributed by atoms with E-state index in [1.807, 2.05) is 35.0 Å². The maximum atomic E-state index is 13.5. The third-order valence-corrected chi connectivity index (χ3v) is 4.94. The molecule has 24 heavy (non-hydrogen) atoms. The molecule has 2 aromatic heterocycles. The second-order valence-corrected chi connectivity index (χ2v) is 6.73. The van der Waals surface area contributed by atoms with Crippen LogP contribution in [-0.4, -0.2) is 20.7 Å². The van der Waals surface area contributed by atoms with Crippen molar-refractivity contribution < 1.29 is 8.78 Å². The van der Waals surface area contributed by atoms with E-state index < -0.39 is 5.92 Å². The van der Waals surface area contributed by atoms with Gasteiger partial charge in [0, 0.05) is 35.4 Å². The van der Waals surface area contributed by atoms with Gasteiger partial charge in [0.1, 0.15) is 0 Å². The maximum Gasteiger partial charge on any atom is 0.248 e. The highest BCUT2D eigenvalue weighted by molar-refractivity contribution is 6.30. The fourth-order valence-electron chi connectivity index (χ4n) is 3.38. The molecule has 0 aliphatic heterocycles. The number of hydrogen-bond donors (Lipinski definition) is 0. The van der Waals surface area contributed by atoms with Crippen LogP contribution in [0.1, 0.15) is 37.3 Å². The molecule has 2 heterocycles. The summed E-state index contributed by atoms with van der Waals surface area (Å²) in [6.07, 6.45) is 4.26. The van der Waals surface area contributed by atoms with E-state index in [0.717, 1.165) is 22.3 Å². The van der Waals surface area contributed by atoms with E-state index in [4.69, 9.17) is 16.7 Å². The molecule has 0 spiro atoms. The zero-order valence-electron chi connectivity index (χ0n) is 12.9. The molecule has 124 valence electrons. The van der Waals surface area contributed by atoms with Crippen molar-refractivity contribution in [3.63, 3.8) is 0 Å². The molecule has 1 fully saturated rings. The number of hydrogen-bond acceptors (Lipinski definition) is 2. The van der Waals surface area contributed by atoms with Crippen molar-refractivity contribution in [1.82, 2.24) is 14.8 Å². The number of halogens is 3. The summed E-state index contributed by atoms with van der Waals surface area (Å²) in [4.78, 5) is 4.19. The van der Waals surface area contributed by atoms with Crippen LogP contribution in [0, 0.1) is 0 Å². The van der Waals surface area contributed by atoms with Gasteiger partial charge in [-0.2, -0.15) is 5.10 Å². The molecule has 0 atom stereocenters. The van der Waals surface area contributed by atoms with Crippen molar-refractivity contribution in [2.45, 2.75) is 37.5 Å². The van der Waals surface area contributed by atoms with Crippen LogP contribution in [0.2, 0.25) is 5.02 Å². The third kappa shape index (κ3) is 2.77. The van der Waals surface area contributed by atoms with Crippen LogP contribution in [0.25, 0.3) is 16.6 Å². The molecule has 3 nitrogen and oxygen atoms in total. The normalized spacial score (nSPS) is 18.1. The van der Waals surface area contributed by atoms with Crippen LogP contribution in [0.3, 0.4) is 0 Å². The first-order chi connectivity index (χ1) is 11.5. The average molecular weight is 348 g/mol. The quantitative estimate of drug-likeness (QED) is 0.624. The Morgan fingerprint density at radius 3 is 2.50 bits per heavy atom. The summed E-state index contributed by atoms with van der Waals surface area (Å²) in [5, 5.41) is 6.39. The van der Waals surface area contributed by atoms with Gasteiger partial charge in [-0.3, -0.25) is 4.98 Å². The molecule has 1 saturated carbocycles. The molecule has 1 aromatic carbocycles. The lowest BCUT2D eigenvalue weighted by Crippen LogP contribution is -2.24. The van der Waals surface area contributed by atoms with Gasteiger partial charge in [-0.25, -0.2) is 13.5 Å². The molecule has 0 N–H and O–H groups in total. The Morgan fingerprint density at radius 1 is 1.08 bits per heavy atom. The smallest absolute Gasteiger partial charge is 0.248 e. The second kappa shape index (κ2) is 5.81. The average Bonchev–Trinajstić information content (AvgIpc) is 2.95. The predicted octanol–water partition coefficient (Wildman–Crippen LogP) is 5.37. The molecule has 3 aromatic rings. The molecular formula is C18H16ClF2N3. The zero-order valence-corrected chi connectivity index (χ0v) is 13.7. The van der Waals surface area contributed by atoms with Crippen molar-refractivity contribution in [2.75, 3.05) is 0 Å². The molecule has 6 heteroatoms. The third-order valence-electron chi connectivity index (χ3n) is 4.69. The number of nitrogens with zero attached hydrogens (tertiary/aromatic N) is 3. The Hall–Kier alpha value is -2.01. The Labute approximate surface area is 143 Å². The summed E-state index contributed by atoms with van der Waals surface area (Å²) in [5.74, 6) is -2.48. The lowest BCUT2D eigenvalue weighted by Gasteiger charge is -2.27. The number of pyridine rings is 1. The van der Waals surface area contributed by atoms with Crippen LogP contribution in [0.5, 0.6) is 0 Å². The molecule has 4 rings (SSSR count). The SMILES string of the molecule is FC1(F)CCC(c2nn(-c3ccc(Cl)cc3)c3cnccc23)CC1. The van der Waals surface area contributed by atoms with Crippen LogP contribution < -0.4 is 0 Å². The minimum absolute atomic E-state index is 0.0584. The number of alkyl halides is 2. The molecule has 0 bridgehead atoms. The van der Waals surface area contributed by atoms with Crippen LogP contribution in [0.4, 0.5) is 8.78 Å². The van der Waals surface area contributed by atoms with Crippen LogP contribution in [0.15, 0.2) is 42.7 Å². The number of benzene rings is 1. The van der Waals surface area contributed by atoms with Gasteiger partial charge < -0.3 is 0 Å². The van der Waals surface area contributed by atoms with Crippen molar-refractivity contribution in [3.05, 3.63) is 53.4 Å². The van der Waals surface area contributed by atoms with Crippen molar-refractivity contribution in [3.8, 4) is 5.69 Å². The summed E-state index contributed by atoms with van der Waals surface area (Å²) < 4.78 is 28.8. The van der Waals surface area contributed by atoms with E-state index in [0.29, 0.717) is 17.9 Å². The summed E-state index contributed by atoms with van der Waals surface area (Å²) in [5.41, 5.74) is 2.65. The minimum Gasteiger partial charge on any atom is -0.262 e. The van der Waals surface area contributed by atoms with Gasteiger partial charge in [-0.05, 0) is 43.2 Å². The molecule has 0 radical (unpaired) electrons. The largest absolute Gasteiger partial charge is 0.262 e. The fraction of sp³-hybridized carbons (Fsp3) is 0.333. The monoisotopic (exact) mass is 347 g/mol. The lowest BCUT2D eigenvalue weighted by molar-refractivity contribution is -0.0384. The second-order valence-electron chi connectivity index (χ2n) is 6.30. The van der Waals surface area contributed by atoms with Gasteiger partial charge in [0.2, 0.25) is 5.92 Å². The lowest BCUT2D eigenvalue weighted by atomic mass is 9.84. The van der Waals surface area contributed by atoms with E-state index in [-0.39, 0.29) is 18.8 Å². The van der Waals surface area contributed by atoms with Crippen molar-refractivity contribution in [2.24, 2.45) is 0 Å². The summed E-state index contributed by atoms with van der Waals surface area (Å²) >= 11 is 5.96. The highest BCUT2D eigenvalue weighted by Crippen LogP contribution is 2.42. The van der Waals surface area contributed by atoms with Gasteiger partial charge >= 0.3 is 0 Å². The first-order valence-corrected chi connectivity index (χ1v) is 8.38. The molecular weight excluding hydrogens is 332 g/mol. The van der Waals surface area contributed by atoms with E-state index in [1.165, 1.54) is 0 Å². The van der Waals surface area contributed by atoms with E-state index in [9.17, 15) is 8.78 Å². The van der Waals surface area contributed by atoms with Crippen LogP contribution >= 0.6 is 11.6 Å². The highest BCUT2D eigenvalue weighted by atomic mass is 35.5. The Kier molecular flexibility index (Phi) is 3.76. The van der Waals surface area contributed by atoms with E-state index >= 15 is 0 Å². The van der Waals surface area contributed by atoms with Gasteiger partial charge in [0.25, 0.3) is 0 Å². The Morgan fingerprint density at radius 2 is 1.79 bits per heavy atom. The van der Waals surface area contributed by atoms with Gasteiger partial charge in [-0.1, -0.05) is 11.6 Å². The number of rotatable bonds is 2. The Balaban J connectivity index is 1.78. The van der Waals surface area contributed by atoms with Gasteiger partial charge in [0.15, 0.2) is 0 Å². The molecule has 0 amide bonds. The molecule has 0 unspecified atom stereocenters. The predicted molar refractivity (Wildman–Crippen MR) is 90.0 cm³/mol. The minimum atomic E-state index is -2.54. The van der Waals surface area contributed by atoms with Crippen LogP contribution in [-0.2, 0) is 0 Å². The van der Waals surface area contributed by atoms with Crippen molar-refractivity contribution in [1.29, 1.82) is 0 Å². The highest BCUT2D eigenvalue weighted by Gasteiger charge is 2.36. The first-order valence-electron chi connectivity index (χ1n) is 8.00. The van der Waals surface area contributed by atoms with Gasteiger partial charge in [0.05, 0.1) is 23.1 Å². The first kappa shape index (κ1) is 15.5. The van der Waals surface area contributed by atoms with E-state index in [1.54, 1.807) is 12.4 Å². The zero-order chi connectivity index (χ0) is 16.7. The summed E-state index contributed by atoms with van der Waals surface area (Å²) in [6.45, 7) is 0. The molecule has 0 saturated heterocycles. The molecule has 1 aliphatic rings. The standard InChI is InChI=1S/C18H16ClF2N3/c19-13-1-3-14(4-2-13)24-16-11-22-10-7-15(16)17(23-24)12-5-8-18(20,21)9-6-12/h1-4,7,10-12H,5-6,8-9H2. The fourth-order valence-corrected chi connectivity index (χ4v) is 3.51. The van der Waals surface area contributed by atoms with Gasteiger partial charge in [-0.15, -0.1) is 0 Å². The summed E-state index contributed by atoms with van der Waals surface area (Å²) in [7, 11) is 0. The maximum absolute atomic E-state index is 13.5. The van der Waals surface area contributed by atoms with Crippen molar-refractivity contribution >= 4 is 22.5 Å². The summed E-state index contributed by atoms with van der Waals surface area (Å²) in [6, 6.07) is 9.31. The number of fused-ring (bicyclic) bond motifs is 1. The van der Waals surface area contributed by atoms with E-state index in [2.05, 4.69) is 4.98 Å². The molecule has 1 aliphatic carbocycles. The topological polar surface area (TPSA) is 30.7 Å².